The maximum Gasteiger partial charge on any atom is 0.328 e. The number of esters is 1. The van der Waals surface area contributed by atoms with Gasteiger partial charge in [0.05, 0.1) is 17.8 Å². The number of nitrogens with one attached hydrogen (secondary N) is 2. The van der Waals surface area contributed by atoms with Crippen molar-refractivity contribution < 1.29 is 31.9 Å². The zero-order valence-corrected chi connectivity index (χ0v) is 18.5. The van der Waals surface area contributed by atoms with Crippen LogP contribution in [0.5, 0.6) is 0 Å². The summed E-state index contributed by atoms with van der Waals surface area (Å²) in [5.41, 5.74) is 0.197. The second-order valence-electron chi connectivity index (χ2n) is 7.05. The van der Waals surface area contributed by atoms with Gasteiger partial charge in [-0.15, -0.1) is 0 Å². The number of hydrogen-bond donors (Lipinski definition) is 2. The summed E-state index contributed by atoms with van der Waals surface area (Å²) in [5.74, 6) is -3.10. The maximum absolute atomic E-state index is 14.0. The Bertz CT molecular complexity index is 1060. The highest BCUT2D eigenvalue weighted by Gasteiger charge is 2.29. The lowest BCUT2D eigenvalue weighted by molar-refractivity contribution is -0.145. The van der Waals surface area contributed by atoms with E-state index in [9.17, 15) is 27.2 Å². The third-order valence-corrected chi connectivity index (χ3v) is 6.42. The predicted molar refractivity (Wildman–Crippen MR) is 115 cm³/mol. The van der Waals surface area contributed by atoms with E-state index in [1.54, 1.807) is 24.3 Å². The van der Waals surface area contributed by atoms with E-state index in [1.807, 2.05) is 0 Å². The Morgan fingerprint density at radius 3 is 2.19 bits per heavy atom. The molecule has 172 valence electrons. The molecule has 32 heavy (non-hydrogen) atoms. The number of sulfone groups is 1. The fourth-order valence-electron chi connectivity index (χ4n) is 3.02. The van der Waals surface area contributed by atoms with E-state index >= 15 is 0 Å². The average Bonchev–Trinajstić information content (AvgIpc) is 2.77. The number of amides is 2. The number of carbonyl (C=O) groups excluding carboxylic acids is 3. The number of halogens is 1. The van der Waals surface area contributed by atoms with Crippen molar-refractivity contribution in [2.24, 2.45) is 0 Å². The molecule has 0 unspecified atom stereocenters. The van der Waals surface area contributed by atoms with Gasteiger partial charge in [-0.1, -0.05) is 36.4 Å². The second kappa shape index (κ2) is 11.4. The molecule has 0 spiro atoms. The van der Waals surface area contributed by atoms with Gasteiger partial charge in [-0.2, -0.15) is 0 Å². The van der Waals surface area contributed by atoms with Crippen molar-refractivity contribution in [3.63, 3.8) is 0 Å². The summed E-state index contributed by atoms with van der Waals surface area (Å²) in [4.78, 5) is 36.6. The van der Waals surface area contributed by atoms with Crippen LogP contribution in [0.15, 0.2) is 59.5 Å². The van der Waals surface area contributed by atoms with Gasteiger partial charge >= 0.3 is 5.97 Å². The molecule has 8 nitrogen and oxygen atoms in total. The quantitative estimate of drug-likeness (QED) is 0.513. The van der Waals surface area contributed by atoms with E-state index in [-0.39, 0.29) is 23.3 Å². The number of ether oxygens (including phenoxy) is 1. The summed E-state index contributed by atoms with van der Waals surface area (Å²) in [6.45, 7) is 1.20. The number of methoxy groups -OCH3 is 1. The fraction of sp³-hybridized carbons (Fsp3) is 0.318. The highest BCUT2D eigenvalue weighted by atomic mass is 32.2. The van der Waals surface area contributed by atoms with E-state index in [0.717, 1.165) is 7.11 Å². The largest absolute Gasteiger partial charge is 0.467 e. The number of benzene rings is 2. The molecule has 0 heterocycles. The molecule has 2 aromatic rings. The SMILES string of the molecule is COC(=O)[C@@H](CCS(=O)(=O)c1ccccc1)NC(=O)[C@@H](Cc1ccccc1F)NC(C)=O. The normalized spacial score (nSPS) is 13.0. The van der Waals surface area contributed by atoms with Gasteiger partial charge in [0.2, 0.25) is 11.8 Å². The van der Waals surface area contributed by atoms with Gasteiger partial charge in [0, 0.05) is 13.3 Å². The summed E-state index contributed by atoms with van der Waals surface area (Å²) in [6, 6.07) is 11.0. The van der Waals surface area contributed by atoms with Crippen LogP contribution in [0.4, 0.5) is 4.39 Å². The van der Waals surface area contributed by atoms with Gasteiger partial charge in [-0.05, 0) is 30.2 Å². The second-order valence-corrected chi connectivity index (χ2v) is 9.16. The van der Waals surface area contributed by atoms with Crippen molar-refractivity contribution in [2.45, 2.75) is 36.7 Å². The Morgan fingerprint density at radius 2 is 1.59 bits per heavy atom. The van der Waals surface area contributed by atoms with Crippen LogP contribution in [0.2, 0.25) is 0 Å². The van der Waals surface area contributed by atoms with Gasteiger partial charge in [0.15, 0.2) is 9.84 Å². The highest BCUT2D eigenvalue weighted by molar-refractivity contribution is 7.91. The van der Waals surface area contributed by atoms with E-state index in [2.05, 4.69) is 15.4 Å². The summed E-state index contributed by atoms with van der Waals surface area (Å²) in [6.07, 6.45) is -0.406. The number of carbonyl (C=O) groups is 3. The van der Waals surface area contributed by atoms with Gasteiger partial charge in [-0.25, -0.2) is 17.6 Å². The van der Waals surface area contributed by atoms with E-state index in [4.69, 9.17) is 0 Å². The molecule has 10 heteroatoms. The van der Waals surface area contributed by atoms with Crippen LogP contribution in [-0.2, 0) is 35.4 Å². The molecule has 2 rings (SSSR count). The third kappa shape index (κ3) is 7.16. The molecule has 0 aromatic heterocycles. The first-order valence-electron chi connectivity index (χ1n) is 9.80. The van der Waals surface area contributed by atoms with Crippen molar-refractivity contribution >= 4 is 27.6 Å². The van der Waals surface area contributed by atoms with Crippen LogP contribution in [0.25, 0.3) is 0 Å². The Hall–Kier alpha value is -3.27. The molecule has 2 amide bonds. The highest BCUT2D eigenvalue weighted by Crippen LogP contribution is 2.13. The molecule has 0 saturated carbocycles. The predicted octanol–water partition coefficient (Wildman–Crippen LogP) is 1.39. The third-order valence-electron chi connectivity index (χ3n) is 4.66. The Morgan fingerprint density at radius 1 is 0.969 bits per heavy atom. The zero-order valence-electron chi connectivity index (χ0n) is 17.7. The van der Waals surface area contributed by atoms with Crippen LogP contribution < -0.4 is 10.6 Å². The van der Waals surface area contributed by atoms with Gasteiger partial charge in [-0.3, -0.25) is 9.59 Å². The topological polar surface area (TPSA) is 119 Å². The maximum atomic E-state index is 14.0. The summed E-state index contributed by atoms with van der Waals surface area (Å²) in [7, 11) is -2.60. The van der Waals surface area contributed by atoms with Crippen LogP contribution in [-0.4, -0.2) is 51.1 Å². The van der Waals surface area contributed by atoms with Gasteiger partial charge < -0.3 is 15.4 Å². The molecule has 0 aliphatic carbocycles. The summed E-state index contributed by atoms with van der Waals surface area (Å²) < 4.78 is 43.8. The van der Waals surface area contributed by atoms with Crippen LogP contribution in [0.3, 0.4) is 0 Å². The Labute approximate surface area is 186 Å². The molecule has 0 fully saturated rings. The van der Waals surface area contributed by atoms with Crippen molar-refractivity contribution in [3.05, 3.63) is 66.0 Å². The molecule has 0 aliphatic heterocycles. The monoisotopic (exact) mass is 464 g/mol. The molecule has 2 aromatic carbocycles. The van der Waals surface area contributed by atoms with Crippen molar-refractivity contribution in [3.8, 4) is 0 Å². The Kier molecular flexibility index (Phi) is 8.89. The molecular weight excluding hydrogens is 439 g/mol. The standard InChI is InChI=1S/C22H25FN2O6S/c1-15(26)24-20(14-16-8-6-7-11-18(16)23)21(27)25-19(22(28)31-2)12-13-32(29,30)17-9-4-3-5-10-17/h3-11,19-20H,12-14H2,1-2H3,(H,24,26)(H,25,27)/t19-,20-/m1/s1. The lowest BCUT2D eigenvalue weighted by atomic mass is 10.0. The first-order chi connectivity index (χ1) is 15.1. The van der Waals surface area contributed by atoms with Crippen molar-refractivity contribution in [1.82, 2.24) is 10.6 Å². The Balaban J connectivity index is 2.16. The van der Waals surface area contributed by atoms with E-state index < -0.39 is 51.3 Å². The average molecular weight is 465 g/mol. The minimum Gasteiger partial charge on any atom is -0.467 e. The molecule has 2 N–H and O–H groups in total. The smallest absolute Gasteiger partial charge is 0.328 e. The van der Waals surface area contributed by atoms with Crippen LogP contribution in [0.1, 0.15) is 18.9 Å². The number of rotatable bonds is 10. The number of hydrogen-bond acceptors (Lipinski definition) is 6. The van der Waals surface area contributed by atoms with E-state index in [1.165, 1.54) is 37.3 Å². The lowest BCUT2D eigenvalue weighted by Crippen LogP contribution is -2.52. The summed E-state index contributed by atoms with van der Waals surface area (Å²) >= 11 is 0. The summed E-state index contributed by atoms with van der Waals surface area (Å²) in [5, 5.41) is 4.85. The first-order valence-corrected chi connectivity index (χ1v) is 11.5. The van der Waals surface area contributed by atoms with Gasteiger partial charge in [0.1, 0.15) is 17.9 Å². The van der Waals surface area contributed by atoms with Crippen molar-refractivity contribution in [1.29, 1.82) is 0 Å². The minimum atomic E-state index is -3.70. The minimum absolute atomic E-state index is 0.0885. The first kappa shape index (κ1) is 25.0. The van der Waals surface area contributed by atoms with Crippen LogP contribution in [0, 0.1) is 5.82 Å². The van der Waals surface area contributed by atoms with E-state index in [0.29, 0.717) is 0 Å². The molecule has 0 bridgehead atoms. The molecule has 2 atom stereocenters. The van der Waals surface area contributed by atoms with Crippen LogP contribution >= 0.6 is 0 Å². The molecule has 0 radical (unpaired) electrons. The zero-order chi connectivity index (χ0) is 23.7. The molecule has 0 aliphatic rings. The fourth-order valence-corrected chi connectivity index (χ4v) is 4.37. The van der Waals surface area contributed by atoms with Gasteiger partial charge in [0.25, 0.3) is 0 Å². The molecular formula is C22H25FN2O6S. The van der Waals surface area contributed by atoms with Crippen molar-refractivity contribution in [2.75, 3.05) is 12.9 Å². The lowest BCUT2D eigenvalue weighted by Gasteiger charge is -2.22. The molecule has 0 saturated heterocycles.